The van der Waals surface area contributed by atoms with Gasteiger partial charge in [-0.3, -0.25) is 15.1 Å². The standard InChI is InChI=1S/C26H25N3O2S2.C6H8N.H2O/c1-4-13-31-20-5-7-21(8-6-20)33-22-14-17(2)24(18(3)15-22)23-16-32-26(28-23)29-25(30)19-9-11-27-12-10-19;1-7-5-3-2-4-6-7;/h5-12,14-16H,4,13H2,1-3H3,(H,28,29,30);2-6H,1H3;1H2/q;+1;. The molecule has 3 N–H and O–H groups in total. The summed E-state index contributed by atoms with van der Waals surface area (Å²) in [5, 5.41) is 5.44. The van der Waals surface area contributed by atoms with E-state index in [9.17, 15) is 4.79 Å². The highest BCUT2D eigenvalue weighted by molar-refractivity contribution is 7.99. The summed E-state index contributed by atoms with van der Waals surface area (Å²) in [6, 6.07) is 21.9. The Morgan fingerprint density at radius 2 is 1.63 bits per heavy atom. The third-order valence-corrected chi connectivity index (χ3v) is 7.56. The fourth-order valence-corrected chi connectivity index (χ4v) is 5.66. The van der Waals surface area contributed by atoms with E-state index in [-0.39, 0.29) is 11.4 Å². The Balaban J connectivity index is 0.000000506. The number of nitrogens with zero attached hydrogens (tertiary/aromatic N) is 3. The molecule has 0 unspecified atom stereocenters. The van der Waals surface area contributed by atoms with Crippen LogP contribution in [0.2, 0.25) is 0 Å². The summed E-state index contributed by atoms with van der Waals surface area (Å²) in [5.41, 5.74) is 4.83. The van der Waals surface area contributed by atoms with Crippen LogP contribution in [0.1, 0.15) is 34.8 Å². The lowest BCUT2D eigenvalue weighted by molar-refractivity contribution is -0.671. The van der Waals surface area contributed by atoms with E-state index < -0.39 is 0 Å². The van der Waals surface area contributed by atoms with Gasteiger partial charge in [-0.1, -0.05) is 24.8 Å². The number of pyridine rings is 2. The highest BCUT2D eigenvalue weighted by Crippen LogP contribution is 2.36. The number of ether oxygens (including phenoxy) is 1. The molecule has 0 radical (unpaired) electrons. The number of thiazole rings is 1. The highest BCUT2D eigenvalue weighted by Gasteiger charge is 2.14. The number of aryl methyl sites for hydroxylation is 3. The first kappa shape index (κ1) is 31.5. The minimum Gasteiger partial charge on any atom is -0.494 e. The largest absolute Gasteiger partial charge is 0.494 e. The second-order valence-corrected chi connectivity index (χ2v) is 11.1. The van der Waals surface area contributed by atoms with Gasteiger partial charge in [0.25, 0.3) is 5.91 Å². The minimum atomic E-state index is -0.190. The van der Waals surface area contributed by atoms with E-state index in [0.717, 1.165) is 41.2 Å². The maximum absolute atomic E-state index is 12.4. The zero-order chi connectivity index (χ0) is 28.3. The SMILES string of the molecule is CCCOc1ccc(Sc2cc(C)c(-c3csc(NC(=O)c4ccncc4)n3)c(C)c2)cc1.C[n+]1ccccc1.O. The monoisotopic (exact) mass is 587 g/mol. The molecule has 0 aliphatic carbocycles. The van der Waals surface area contributed by atoms with Gasteiger partial charge in [-0.15, -0.1) is 11.3 Å². The van der Waals surface area contributed by atoms with Crippen LogP contribution < -0.4 is 14.6 Å². The van der Waals surface area contributed by atoms with Crippen LogP contribution in [0.15, 0.2) is 107 Å². The molecule has 5 aromatic rings. The molecule has 41 heavy (non-hydrogen) atoms. The predicted molar refractivity (Wildman–Crippen MR) is 167 cm³/mol. The van der Waals surface area contributed by atoms with Crippen molar-refractivity contribution >= 4 is 34.1 Å². The van der Waals surface area contributed by atoms with Crippen LogP contribution in [0.4, 0.5) is 5.13 Å². The predicted octanol–water partition coefficient (Wildman–Crippen LogP) is 6.70. The third-order valence-electron chi connectivity index (χ3n) is 5.83. The van der Waals surface area contributed by atoms with Crippen LogP contribution in [0.3, 0.4) is 0 Å². The summed E-state index contributed by atoms with van der Waals surface area (Å²) >= 11 is 3.15. The molecule has 212 valence electrons. The molecule has 0 fully saturated rings. The molecule has 5 rings (SSSR count). The number of benzene rings is 2. The molecule has 2 aromatic carbocycles. The summed E-state index contributed by atoms with van der Waals surface area (Å²) in [7, 11) is 2.00. The molecule has 3 heterocycles. The van der Waals surface area contributed by atoms with Crippen LogP contribution >= 0.6 is 23.1 Å². The summed E-state index contributed by atoms with van der Waals surface area (Å²) in [6.45, 7) is 7.03. The van der Waals surface area contributed by atoms with E-state index in [4.69, 9.17) is 4.74 Å². The lowest BCUT2D eigenvalue weighted by Gasteiger charge is -2.11. The Morgan fingerprint density at radius 1 is 0.976 bits per heavy atom. The van der Waals surface area contributed by atoms with Gasteiger partial charge in [0, 0.05) is 50.8 Å². The average Bonchev–Trinajstić information content (AvgIpc) is 3.41. The number of nitrogens with one attached hydrogen (secondary N) is 1. The molecular weight excluding hydrogens is 553 g/mol. The summed E-state index contributed by atoms with van der Waals surface area (Å²) < 4.78 is 7.67. The van der Waals surface area contributed by atoms with Crippen molar-refractivity contribution in [3.05, 3.63) is 114 Å². The van der Waals surface area contributed by atoms with Gasteiger partial charge in [-0.05, 0) is 79.9 Å². The molecule has 0 saturated carbocycles. The van der Waals surface area contributed by atoms with Crippen molar-refractivity contribution in [1.82, 2.24) is 9.97 Å². The van der Waals surface area contributed by atoms with Crippen LogP contribution in [0.25, 0.3) is 11.3 Å². The van der Waals surface area contributed by atoms with Crippen LogP contribution in [0, 0.1) is 13.8 Å². The second kappa shape index (κ2) is 15.7. The zero-order valence-electron chi connectivity index (χ0n) is 23.6. The van der Waals surface area contributed by atoms with E-state index in [1.54, 1.807) is 36.3 Å². The fourth-order valence-electron chi connectivity index (χ4n) is 3.95. The number of hydrogen-bond acceptors (Lipinski definition) is 6. The van der Waals surface area contributed by atoms with Crippen molar-refractivity contribution in [3.63, 3.8) is 0 Å². The van der Waals surface area contributed by atoms with Crippen molar-refractivity contribution in [2.75, 3.05) is 11.9 Å². The van der Waals surface area contributed by atoms with Gasteiger partial charge in [0.15, 0.2) is 17.5 Å². The van der Waals surface area contributed by atoms with Gasteiger partial charge in [0.2, 0.25) is 0 Å². The summed E-state index contributed by atoms with van der Waals surface area (Å²) in [5.74, 6) is 0.712. The lowest BCUT2D eigenvalue weighted by Crippen LogP contribution is -2.25. The van der Waals surface area contributed by atoms with Crippen molar-refractivity contribution in [2.24, 2.45) is 7.05 Å². The van der Waals surface area contributed by atoms with Crippen LogP contribution in [-0.4, -0.2) is 28.0 Å². The molecular formula is C32H35N4O3S2+. The van der Waals surface area contributed by atoms with Gasteiger partial charge in [0.05, 0.1) is 12.3 Å². The zero-order valence-corrected chi connectivity index (χ0v) is 25.3. The Labute approximate surface area is 249 Å². The maximum Gasteiger partial charge on any atom is 0.257 e. The molecule has 3 aromatic heterocycles. The summed E-state index contributed by atoms with van der Waals surface area (Å²) in [4.78, 5) is 23.4. The van der Waals surface area contributed by atoms with Gasteiger partial charge >= 0.3 is 0 Å². The molecule has 0 atom stereocenters. The second-order valence-electron chi connectivity index (χ2n) is 9.12. The van der Waals surface area contributed by atoms with Crippen LogP contribution in [0.5, 0.6) is 5.75 Å². The van der Waals surface area contributed by atoms with E-state index in [2.05, 4.69) is 60.3 Å². The third kappa shape index (κ3) is 9.24. The highest BCUT2D eigenvalue weighted by atomic mass is 32.2. The number of carbonyl (C=O) groups is 1. The first-order valence-electron chi connectivity index (χ1n) is 13.0. The van der Waals surface area contributed by atoms with Gasteiger partial charge in [-0.25, -0.2) is 9.55 Å². The number of hydrogen-bond donors (Lipinski definition) is 1. The fraction of sp³-hybridized carbons (Fsp3) is 0.188. The Kier molecular flexibility index (Phi) is 12.0. The molecule has 0 saturated heterocycles. The molecule has 0 bridgehead atoms. The van der Waals surface area contributed by atoms with Crippen molar-refractivity contribution in [3.8, 4) is 17.0 Å². The van der Waals surface area contributed by atoms with Gasteiger partial charge in [-0.2, -0.15) is 0 Å². The minimum absolute atomic E-state index is 0. The number of aromatic nitrogens is 3. The molecule has 7 nitrogen and oxygen atoms in total. The lowest BCUT2D eigenvalue weighted by atomic mass is 10.0. The molecule has 9 heteroatoms. The quantitative estimate of drug-likeness (QED) is 0.204. The van der Waals surface area contributed by atoms with Crippen molar-refractivity contribution in [2.45, 2.75) is 37.0 Å². The molecule has 0 spiro atoms. The summed E-state index contributed by atoms with van der Waals surface area (Å²) in [6.07, 6.45) is 8.20. The first-order valence-corrected chi connectivity index (χ1v) is 14.7. The Morgan fingerprint density at radius 3 is 2.22 bits per heavy atom. The van der Waals surface area contributed by atoms with E-state index in [1.807, 2.05) is 59.7 Å². The van der Waals surface area contributed by atoms with E-state index in [1.165, 1.54) is 21.1 Å². The number of carbonyl (C=O) groups excluding carboxylic acids is 1. The number of rotatable bonds is 8. The topological polar surface area (TPSA) is 99.5 Å². The van der Waals surface area contributed by atoms with E-state index >= 15 is 0 Å². The molecule has 0 aliphatic heterocycles. The average molecular weight is 588 g/mol. The van der Waals surface area contributed by atoms with Crippen LogP contribution in [-0.2, 0) is 7.05 Å². The smallest absolute Gasteiger partial charge is 0.257 e. The normalized spacial score (nSPS) is 10.1. The van der Waals surface area contributed by atoms with Gasteiger partial charge in [0.1, 0.15) is 12.8 Å². The van der Waals surface area contributed by atoms with E-state index in [0.29, 0.717) is 10.7 Å². The van der Waals surface area contributed by atoms with Crippen molar-refractivity contribution in [1.29, 1.82) is 0 Å². The maximum atomic E-state index is 12.4. The Bertz CT molecular complexity index is 1500. The Hall–Kier alpha value is -4.05. The van der Waals surface area contributed by atoms with Gasteiger partial charge < -0.3 is 10.2 Å². The number of amides is 1. The molecule has 1 amide bonds. The number of anilines is 1. The molecule has 0 aliphatic rings. The first-order chi connectivity index (χ1) is 19.4. The van der Waals surface area contributed by atoms with Crippen molar-refractivity contribution < 1.29 is 19.6 Å².